The van der Waals surface area contributed by atoms with E-state index in [0.717, 1.165) is 13.1 Å². The molecule has 0 saturated carbocycles. The summed E-state index contributed by atoms with van der Waals surface area (Å²) in [5.41, 5.74) is 6.72. The van der Waals surface area contributed by atoms with E-state index in [2.05, 4.69) is 14.7 Å². The molecule has 4 N–H and O–H groups in total. The van der Waals surface area contributed by atoms with Crippen molar-refractivity contribution in [2.45, 2.75) is 24.9 Å². The highest BCUT2D eigenvalue weighted by molar-refractivity contribution is 7.80. The van der Waals surface area contributed by atoms with Crippen LogP contribution in [0, 0.1) is 5.92 Å². The molecule has 0 spiro atoms. The second kappa shape index (κ2) is 6.53. The van der Waals surface area contributed by atoms with E-state index in [1.807, 2.05) is 0 Å². The predicted molar refractivity (Wildman–Crippen MR) is 89.6 cm³/mol. The van der Waals surface area contributed by atoms with Crippen LogP contribution < -0.4 is 11.1 Å². The molecule has 0 aromatic carbocycles. The van der Waals surface area contributed by atoms with Gasteiger partial charge in [0.05, 0.1) is 18.3 Å². The molecule has 27 heavy (non-hydrogen) atoms. The van der Waals surface area contributed by atoms with Gasteiger partial charge in [-0.05, 0) is 25.9 Å². The van der Waals surface area contributed by atoms with Crippen molar-refractivity contribution < 1.29 is 26.8 Å². The maximum Gasteiger partial charge on any atom is 0.418 e. The predicted octanol–water partition coefficient (Wildman–Crippen LogP) is -0.951. The minimum Gasteiger partial charge on any atom is -0.328 e. The van der Waals surface area contributed by atoms with Gasteiger partial charge in [0.15, 0.2) is 0 Å². The van der Waals surface area contributed by atoms with Crippen LogP contribution in [0.3, 0.4) is 0 Å². The lowest BCUT2D eigenvalue weighted by atomic mass is 9.97. The first-order valence-electron chi connectivity index (χ1n) is 8.61. The van der Waals surface area contributed by atoms with Gasteiger partial charge in [0.2, 0.25) is 5.91 Å². The van der Waals surface area contributed by atoms with E-state index in [1.165, 1.54) is 15.8 Å². The number of piperidine rings is 1. The van der Waals surface area contributed by atoms with Crippen molar-refractivity contribution in [2.24, 2.45) is 11.7 Å². The number of aromatic nitrogens is 2. The largest absolute Gasteiger partial charge is 0.418 e. The van der Waals surface area contributed by atoms with E-state index in [9.17, 15) is 18.0 Å². The summed E-state index contributed by atoms with van der Waals surface area (Å²) < 4.78 is 36.9. The van der Waals surface area contributed by atoms with Crippen LogP contribution in [0.4, 0.5) is 4.79 Å². The minimum absolute atomic E-state index is 0.0454. The van der Waals surface area contributed by atoms with E-state index >= 15 is 0 Å². The standard InChI is InChI=1S/C14H20N6O6S/c15-5-10-12-9(6-19(17-12)13(21)8-1-3-16-4-2-8)11-7-18(10)14(22)20(11)26-27(23,24)25/h6,8,10-11,16H,1-5,7,15H2,(H,23,24,25). The van der Waals surface area contributed by atoms with Gasteiger partial charge >= 0.3 is 16.4 Å². The third-order valence-corrected chi connectivity index (χ3v) is 5.57. The second-order valence-electron chi connectivity index (χ2n) is 6.81. The first-order valence-corrected chi connectivity index (χ1v) is 9.98. The zero-order valence-electron chi connectivity index (χ0n) is 14.3. The fourth-order valence-electron chi connectivity index (χ4n) is 3.94. The summed E-state index contributed by atoms with van der Waals surface area (Å²) in [5, 5.41) is 8.15. The Labute approximate surface area is 155 Å². The van der Waals surface area contributed by atoms with Crippen LogP contribution in [0.15, 0.2) is 6.20 Å². The van der Waals surface area contributed by atoms with E-state index in [4.69, 9.17) is 10.3 Å². The van der Waals surface area contributed by atoms with Gasteiger partial charge < -0.3 is 16.0 Å². The molecule has 0 aliphatic carbocycles. The molecule has 2 unspecified atom stereocenters. The topological polar surface area (TPSA) is 160 Å². The molecule has 1 aromatic rings. The molecule has 2 fully saturated rings. The number of carbonyl (C=O) groups is 2. The lowest BCUT2D eigenvalue weighted by molar-refractivity contribution is -0.0317. The number of urea groups is 1. The van der Waals surface area contributed by atoms with Gasteiger partial charge in [-0.25, -0.2) is 9.48 Å². The molecule has 1 aromatic heterocycles. The van der Waals surface area contributed by atoms with Crippen molar-refractivity contribution in [3.8, 4) is 0 Å². The Kier molecular flexibility index (Phi) is 4.43. The van der Waals surface area contributed by atoms with E-state index in [0.29, 0.717) is 29.2 Å². The molecule has 148 valence electrons. The zero-order valence-corrected chi connectivity index (χ0v) is 15.1. The highest BCUT2D eigenvalue weighted by Crippen LogP contribution is 2.43. The molecule has 4 heterocycles. The van der Waals surface area contributed by atoms with Gasteiger partial charge in [0, 0.05) is 24.2 Å². The molecule has 13 heteroatoms. The number of nitrogens with two attached hydrogens (primary N) is 1. The van der Waals surface area contributed by atoms with E-state index < -0.39 is 28.5 Å². The Morgan fingerprint density at radius 1 is 1.41 bits per heavy atom. The summed E-state index contributed by atoms with van der Waals surface area (Å²) in [6, 6.07) is -2.16. The fraction of sp³-hybridized carbons (Fsp3) is 0.643. The Morgan fingerprint density at radius 3 is 2.74 bits per heavy atom. The number of nitrogens with one attached hydrogen (secondary N) is 1. The SMILES string of the molecule is NCC1c2nn(C(=O)C3CCNCC3)cc2C2CN1C(=O)N2OS(=O)(=O)O. The van der Waals surface area contributed by atoms with Gasteiger partial charge in [-0.1, -0.05) is 0 Å². The summed E-state index contributed by atoms with van der Waals surface area (Å²) in [6.45, 7) is 1.67. The fourth-order valence-corrected chi connectivity index (χ4v) is 4.31. The monoisotopic (exact) mass is 400 g/mol. The minimum atomic E-state index is -4.89. The van der Waals surface area contributed by atoms with Crippen LogP contribution in [-0.4, -0.2) is 70.8 Å². The number of rotatable bonds is 4. The lowest BCUT2D eigenvalue weighted by Crippen LogP contribution is -2.38. The quantitative estimate of drug-likeness (QED) is 0.541. The molecule has 2 saturated heterocycles. The van der Waals surface area contributed by atoms with Gasteiger partial charge in [-0.15, -0.1) is 4.28 Å². The molecule has 12 nitrogen and oxygen atoms in total. The molecular formula is C14H20N6O6S. The number of nitrogens with zero attached hydrogens (tertiary/aromatic N) is 4. The Hall–Kier alpha value is -2.06. The number of fused-ring (bicyclic) bond motifs is 4. The average molecular weight is 400 g/mol. The average Bonchev–Trinajstić information content (AvgIpc) is 3.18. The zero-order chi connectivity index (χ0) is 19.3. The number of hydroxylamine groups is 2. The van der Waals surface area contributed by atoms with Crippen LogP contribution in [0.25, 0.3) is 0 Å². The number of carbonyl (C=O) groups excluding carboxylic acids is 2. The number of amides is 2. The van der Waals surface area contributed by atoms with Gasteiger partial charge in [0.1, 0.15) is 6.04 Å². The molecule has 3 aliphatic heterocycles. The molecule has 2 atom stereocenters. The Bertz CT molecular complexity index is 879. The van der Waals surface area contributed by atoms with Crippen molar-refractivity contribution in [3.05, 3.63) is 17.5 Å². The molecule has 2 bridgehead atoms. The van der Waals surface area contributed by atoms with Crippen molar-refractivity contribution in [3.63, 3.8) is 0 Å². The van der Waals surface area contributed by atoms with Gasteiger partial charge in [0.25, 0.3) is 0 Å². The van der Waals surface area contributed by atoms with Gasteiger partial charge in [-0.3, -0.25) is 9.35 Å². The summed E-state index contributed by atoms with van der Waals surface area (Å²) in [4.78, 5) is 26.6. The first-order chi connectivity index (χ1) is 12.8. The van der Waals surface area contributed by atoms with Crippen LogP contribution >= 0.6 is 0 Å². The summed E-state index contributed by atoms with van der Waals surface area (Å²) in [6.07, 6.45) is 2.91. The Balaban J connectivity index is 1.69. The first kappa shape index (κ1) is 18.3. The van der Waals surface area contributed by atoms with Crippen molar-refractivity contribution in [2.75, 3.05) is 26.2 Å². The molecule has 4 rings (SSSR count). The van der Waals surface area contributed by atoms with Crippen LogP contribution in [0.5, 0.6) is 0 Å². The molecular weight excluding hydrogens is 380 g/mol. The molecule has 2 amide bonds. The summed E-state index contributed by atoms with van der Waals surface area (Å²) in [5.74, 6) is -0.311. The highest BCUT2D eigenvalue weighted by atomic mass is 32.3. The normalized spacial score (nSPS) is 25.8. The second-order valence-corrected chi connectivity index (χ2v) is 7.81. The van der Waals surface area contributed by atoms with Crippen LogP contribution in [-0.2, 0) is 14.7 Å². The van der Waals surface area contributed by atoms with Crippen molar-refractivity contribution in [1.29, 1.82) is 0 Å². The summed E-state index contributed by atoms with van der Waals surface area (Å²) in [7, 11) is -4.89. The summed E-state index contributed by atoms with van der Waals surface area (Å²) >= 11 is 0. The lowest BCUT2D eigenvalue weighted by Gasteiger charge is -2.28. The molecule has 0 radical (unpaired) electrons. The van der Waals surface area contributed by atoms with Crippen LogP contribution in [0.2, 0.25) is 0 Å². The van der Waals surface area contributed by atoms with E-state index in [1.54, 1.807) is 0 Å². The third kappa shape index (κ3) is 3.10. The number of hydrogen-bond acceptors (Lipinski definition) is 8. The van der Waals surface area contributed by atoms with Crippen molar-refractivity contribution in [1.82, 2.24) is 25.1 Å². The molecule has 3 aliphatic rings. The third-order valence-electron chi connectivity index (χ3n) is 5.22. The van der Waals surface area contributed by atoms with Crippen LogP contribution in [0.1, 0.15) is 41.0 Å². The van der Waals surface area contributed by atoms with Gasteiger partial charge in [-0.2, -0.15) is 18.6 Å². The van der Waals surface area contributed by atoms with E-state index in [-0.39, 0.29) is 24.9 Å². The highest BCUT2D eigenvalue weighted by Gasteiger charge is 2.51. The smallest absolute Gasteiger partial charge is 0.328 e. The Morgan fingerprint density at radius 2 is 2.11 bits per heavy atom. The number of hydrogen-bond donors (Lipinski definition) is 3. The maximum atomic E-state index is 12.8. The van der Waals surface area contributed by atoms with Crippen molar-refractivity contribution >= 4 is 22.3 Å². The maximum absolute atomic E-state index is 12.8.